The second-order valence-electron chi connectivity index (χ2n) is 4.30. The zero-order chi connectivity index (χ0) is 11.4. The highest BCUT2D eigenvalue weighted by Gasteiger charge is 2.11. The van der Waals surface area contributed by atoms with Gasteiger partial charge < -0.3 is 10.6 Å². The number of nitrogens with one attached hydrogen (secondary N) is 2. The quantitative estimate of drug-likeness (QED) is 0.876. The molecule has 0 spiro atoms. The fourth-order valence-electron chi connectivity index (χ4n) is 1.98. The van der Waals surface area contributed by atoms with Crippen molar-refractivity contribution in [3.63, 3.8) is 0 Å². The van der Waals surface area contributed by atoms with Gasteiger partial charge in [-0.25, -0.2) is 4.98 Å². The van der Waals surface area contributed by atoms with Gasteiger partial charge in [-0.3, -0.25) is 0 Å². The monoisotopic (exact) mass is 283 g/mol. The summed E-state index contributed by atoms with van der Waals surface area (Å²) in [5.41, 5.74) is 1.03. The maximum atomic E-state index is 4.51. The van der Waals surface area contributed by atoms with Gasteiger partial charge in [-0.15, -0.1) is 0 Å². The number of anilines is 1. The van der Waals surface area contributed by atoms with Crippen molar-refractivity contribution in [1.82, 2.24) is 10.3 Å². The first-order valence-electron chi connectivity index (χ1n) is 5.86. The van der Waals surface area contributed by atoms with E-state index in [4.69, 9.17) is 0 Å². The Morgan fingerprint density at radius 2 is 2.31 bits per heavy atom. The lowest BCUT2D eigenvalue weighted by Gasteiger charge is -2.17. The predicted molar refractivity (Wildman–Crippen MR) is 70.8 cm³/mol. The van der Waals surface area contributed by atoms with Crippen LogP contribution in [0.1, 0.15) is 25.0 Å². The van der Waals surface area contributed by atoms with Gasteiger partial charge in [0.2, 0.25) is 0 Å². The minimum atomic E-state index is 0.510. The third kappa shape index (κ3) is 3.19. The van der Waals surface area contributed by atoms with Crippen LogP contribution < -0.4 is 10.6 Å². The number of pyridine rings is 1. The van der Waals surface area contributed by atoms with Crippen molar-refractivity contribution in [1.29, 1.82) is 0 Å². The summed E-state index contributed by atoms with van der Waals surface area (Å²) in [6.07, 6.45) is 3.80. The number of halogens is 1. The summed E-state index contributed by atoms with van der Waals surface area (Å²) in [5.74, 6) is 0.981. The Bertz CT molecular complexity index is 346. The largest absolute Gasteiger partial charge is 0.366 e. The lowest BCUT2D eigenvalue weighted by atomic mass is 10.1. The van der Waals surface area contributed by atoms with Crippen LogP contribution >= 0.6 is 15.9 Å². The summed E-state index contributed by atoms with van der Waals surface area (Å²) < 4.78 is 1.07. The molecule has 0 amide bonds. The van der Waals surface area contributed by atoms with E-state index in [0.717, 1.165) is 29.1 Å². The van der Waals surface area contributed by atoms with Crippen LogP contribution in [0, 0.1) is 6.92 Å². The highest BCUT2D eigenvalue weighted by atomic mass is 79.9. The molecule has 2 heterocycles. The Hall–Kier alpha value is -0.610. The molecule has 2 N–H and O–H groups in total. The maximum Gasteiger partial charge on any atom is 0.126 e. The van der Waals surface area contributed by atoms with E-state index < -0.39 is 0 Å². The van der Waals surface area contributed by atoms with Crippen molar-refractivity contribution in [2.45, 2.75) is 32.2 Å². The van der Waals surface area contributed by atoms with E-state index in [1.807, 2.05) is 13.0 Å². The van der Waals surface area contributed by atoms with Gasteiger partial charge in [0.25, 0.3) is 0 Å². The first-order valence-corrected chi connectivity index (χ1v) is 6.65. The molecule has 1 aromatic heterocycles. The van der Waals surface area contributed by atoms with Gasteiger partial charge in [-0.05, 0) is 54.4 Å². The van der Waals surface area contributed by atoms with Crippen LogP contribution in [0.15, 0.2) is 16.6 Å². The SMILES string of the molecule is Cc1nc(NC2CCCCNC2)ccc1Br. The van der Waals surface area contributed by atoms with Gasteiger partial charge in [0, 0.05) is 17.1 Å². The summed E-state index contributed by atoms with van der Waals surface area (Å²) in [6, 6.07) is 4.59. The van der Waals surface area contributed by atoms with Crippen LogP contribution in [-0.2, 0) is 0 Å². The number of hydrogen-bond acceptors (Lipinski definition) is 3. The number of nitrogens with zero attached hydrogens (tertiary/aromatic N) is 1. The summed E-state index contributed by atoms with van der Waals surface area (Å²) in [7, 11) is 0. The van der Waals surface area contributed by atoms with Crippen molar-refractivity contribution in [2.75, 3.05) is 18.4 Å². The van der Waals surface area contributed by atoms with Crippen LogP contribution in [-0.4, -0.2) is 24.1 Å². The number of aryl methyl sites for hydroxylation is 1. The first-order chi connectivity index (χ1) is 7.75. The van der Waals surface area contributed by atoms with Gasteiger partial charge in [0.1, 0.15) is 5.82 Å². The zero-order valence-electron chi connectivity index (χ0n) is 9.59. The molecule has 1 unspecified atom stereocenters. The molecule has 1 aliphatic rings. The van der Waals surface area contributed by atoms with Crippen LogP contribution in [0.2, 0.25) is 0 Å². The second kappa shape index (κ2) is 5.64. The minimum absolute atomic E-state index is 0.510. The van der Waals surface area contributed by atoms with Gasteiger partial charge in [-0.1, -0.05) is 6.42 Å². The molecule has 1 atom stereocenters. The molecule has 0 radical (unpaired) electrons. The first kappa shape index (κ1) is 11.9. The van der Waals surface area contributed by atoms with Crippen molar-refractivity contribution in [3.8, 4) is 0 Å². The maximum absolute atomic E-state index is 4.51. The highest BCUT2D eigenvalue weighted by molar-refractivity contribution is 9.10. The number of aromatic nitrogens is 1. The molecular formula is C12H18BrN3. The molecule has 0 aliphatic carbocycles. The van der Waals surface area contributed by atoms with E-state index >= 15 is 0 Å². The lowest BCUT2D eigenvalue weighted by molar-refractivity contribution is 0.633. The third-order valence-corrected chi connectivity index (χ3v) is 3.76. The molecule has 0 bridgehead atoms. The molecule has 0 saturated carbocycles. The molecule has 16 heavy (non-hydrogen) atoms. The molecule has 1 saturated heterocycles. The van der Waals surface area contributed by atoms with Gasteiger partial charge in [0.15, 0.2) is 0 Å². The number of hydrogen-bond donors (Lipinski definition) is 2. The van der Waals surface area contributed by atoms with E-state index in [1.165, 1.54) is 19.3 Å². The number of rotatable bonds is 2. The molecule has 4 heteroatoms. The summed E-state index contributed by atoms with van der Waals surface area (Å²) in [5, 5.41) is 6.94. The van der Waals surface area contributed by atoms with Gasteiger partial charge in [0.05, 0.1) is 5.69 Å². The fourth-order valence-corrected chi connectivity index (χ4v) is 2.20. The van der Waals surface area contributed by atoms with E-state index in [2.05, 4.69) is 37.6 Å². The van der Waals surface area contributed by atoms with Crippen LogP contribution in [0.25, 0.3) is 0 Å². The van der Waals surface area contributed by atoms with Crippen molar-refractivity contribution < 1.29 is 0 Å². The highest BCUT2D eigenvalue weighted by Crippen LogP contribution is 2.17. The van der Waals surface area contributed by atoms with Crippen molar-refractivity contribution in [3.05, 3.63) is 22.3 Å². The molecule has 88 valence electrons. The van der Waals surface area contributed by atoms with Gasteiger partial charge in [-0.2, -0.15) is 0 Å². The van der Waals surface area contributed by atoms with E-state index in [0.29, 0.717) is 6.04 Å². The Balaban J connectivity index is 1.99. The van der Waals surface area contributed by atoms with E-state index in [9.17, 15) is 0 Å². The average molecular weight is 284 g/mol. The predicted octanol–water partition coefficient (Wildman–Crippen LogP) is 2.71. The van der Waals surface area contributed by atoms with E-state index in [1.54, 1.807) is 0 Å². The summed E-state index contributed by atoms with van der Waals surface area (Å²) in [6.45, 7) is 4.20. The summed E-state index contributed by atoms with van der Waals surface area (Å²) in [4.78, 5) is 4.51. The Morgan fingerprint density at radius 3 is 3.12 bits per heavy atom. The zero-order valence-corrected chi connectivity index (χ0v) is 11.2. The van der Waals surface area contributed by atoms with Crippen LogP contribution in [0.4, 0.5) is 5.82 Å². The standard InChI is InChI=1S/C12H18BrN3/c1-9-11(13)5-6-12(15-9)16-10-4-2-3-7-14-8-10/h5-6,10,14H,2-4,7-8H2,1H3,(H,15,16). The lowest BCUT2D eigenvalue weighted by Crippen LogP contribution is -2.31. The van der Waals surface area contributed by atoms with Crippen molar-refractivity contribution in [2.24, 2.45) is 0 Å². The topological polar surface area (TPSA) is 37.0 Å². The van der Waals surface area contributed by atoms with Crippen LogP contribution in [0.5, 0.6) is 0 Å². The van der Waals surface area contributed by atoms with Gasteiger partial charge >= 0.3 is 0 Å². The molecular weight excluding hydrogens is 266 g/mol. The van der Waals surface area contributed by atoms with E-state index in [-0.39, 0.29) is 0 Å². The smallest absolute Gasteiger partial charge is 0.126 e. The normalized spacial score (nSPS) is 21.5. The Morgan fingerprint density at radius 1 is 1.44 bits per heavy atom. The molecule has 1 aromatic rings. The average Bonchev–Trinajstić information content (AvgIpc) is 2.52. The second-order valence-corrected chi connectivity index (χ2v) is 5.16. The summed E-state index contributed by atoms with van der Waals surface area (Å²) >= 11 is 3.46. The molecule has 1 aliphatic heterocycles. The Kier molecular flexibility index (Phi) is 4.18. The molecule has 3 nitrogen and oxygen atoms in total. The molecule has 2 rings (SSSR count). The van der Waals surface area contributed by atoms with Crippen LogP contribution in [0.3, 0.4) is 0 Å². The Labute approximate surface area is 105 Å². The minimum Gasteiger partial charge on any atom is -0.366 e. The van der Waals surface area contributed by atoms with Crippen molar-refractivity contribution >= 4 is 21.7 Å². The fraction of sp³-hybridized carbons (Fsp3) is 0.583. The molecule has 0 aromatic carbocycles. The third-order valence-electron chi connectivity index (χ3n) is 2.92. The molecule has 1 fully saturated rings.